The molecule has 2 rings (SSSR count). The molecule has 0 saturated carbocycles. The zero-order valence-electron chi connectivity index (χ0n) is 18.4. The first-order valence-electron chi connectivity index (χ1n) is 10.7. The van der Waals surface area contributed by atoms with Gasteiger partial charge in [-0.25, -0.2) is 4.79 Å². The van der Waals surface area contributed by atoms with Crippen molar-refractivity contribution in [1.29, 1.82) is 0 Å². The summed E-state index contributed by atoms with van der Waals surface area (Å²) in [5.74, 6) is -0.323. The van der Waals surface area contributed by atoms with Crippen LogP contribution >= 0.6 is 0 Å². The highest BCUT2D eigenvalue weighted by molar-refractivity contribution is 6.09. The maximum atomic E-state index is 13.0. The fourth-order valence-electron chi connectivity index (χ4n) is 3.65. The lowest BCUT2D eigenvalue weighted by Gasteiger charge is -2.23. The minimum Gasteiger partial charge on any atom is -0.352 e. The van der Waals surface area contributed by atoms with Gasteiger partial charge in [-0.15, -0.1) is 0 Å². The highest BCUT2D eigenvalue weighted by Gasteiger charge is 2.49. The number of nitrogens with zero attached hydrogens (tertiary/aromatic N) is 1. The number of unbranched alkanes of at least 4 members (excludes halogenated alkanes) is 3. The third-order valence-corrected chi connectivity index (χ3v) is 5.63. The maximum Gasteiger partial charge on any atom is 0.325 e. The van der Waals surface area contributed by atoms with E-state index in [0.29, 0.717) is 11.5 Å². The van der Waals surface area contributed by atoms with Crippen molar-refractivity contribution >= 4 is 17.8 Å². The minimum atomic E-state index is -1.15. The van der Waals surface area contributed by atoms with Gasteiger partial charge in [0.15, 0.2) is 0 Å². The monoisotopic (exact) mass is 401 g/mol. The van der Waals surface area contributed by atoms with E-state index in [2.05, 4.69) is 31.4 Å². The molecule has 1 aromatic carbocycles. The van der Waals surface area contributed by atoms with Crippen LogP contribution < -0.4 is 10.6 Å². The molecular weight excluding hydrogens is 366 g/mol. The lowest BCUT2D eigenvalue weighted by molar-refractivity contribution is -0.135. The van der Waals surface area contributed by atoms with Crippen molar-refractivity contribution in [3.8, 4) is 0 Å². The van der Waals surface area contributed by atoms with Crippen LogP contribution in [0.25, 0.3) is 0 Å². The smallest absolute Gasteiger partial charge is 0.325 e. The molecule has 6 nitrogen and oxygen atoms in total. The van der Waals surface area contributed by atoms with Gasteiger partial charge < -0.3 is 10.6 Å². The van der Waals surface area contributed by atoms with Crippen molar-refractivity contribution in [2.75, 3.05) is 6.54 Å². The molecule has 1 fully saturated rings. The number of benzene rings is 1. The van der Waals surface area contributed by atoms with Gasteiger partial charge in [-0.1, -0.05) is 70.7 Å². The molecule has 160 valence electrons. The molecule has 2 atom stereocenters. The van der Waals surface area contributed by atoms with Crippen LogP contribution in [0.15, 0.2) is 24.3 Å². The third kappa shape index (κ3) is 5.58. The van der Waals surface area contributed by atoms with Crippen LogP contribution in [0.4, 0.5) is 4.79 Å². The van der Waals surface area contributed by atoms with Crippen LogP contribution in [0, 0.1) is 0 Å². The lowest BCUT2D eigenvalue weighted by Crippen LogP contribution is -2.45. The number of carbonyl (C=O) groups excluding carboxylic acids is 3. The Kier molecular flexibility index (Phi) is 7.82. The van der Waals surface area contributed by atoms with Crippen molar-refractivity contribution in [2.24, 2.45) is 0 Å². The number of hydrogen-bond donors (Lipinski definition) is 2. The lowest BCUT2D eigenvalue weighted by atomic mass is 9.90. The topological polar surface area (TPSA) is 78.5 Å². The summed E-state index contributed by atoms with van der Waals surface area (Å²) in [5.41, 5.74) is 0.726. The summed E-state index contributed by atoms with van der Waals surface area (Å²) in [6, 6.07) is 7.18. The average molecular weight is 402 g/mol. The molecule has 6 heteroatoms. The Morgan fingerprint density at radius 2 is 1.76 bits per heavy atom. The predicted octanol–water partition coefficient (Wildman–Crippen LogP) is 4.05. The molecule has 0 radical (unpaired) electrons. The molecule has 1 heterocycles. The number of hydrogen-bond acceptors (Lipinski definition) is 3. The molecule has 4 amide bonds. The molecule has 1 aliphatic rings. The van der Waals surface area contributed by atoms with Crippen LogP contribution in [0.5, 0.6) is 0 Å². The van der Waals surface area contributed by atoms with Crippen LogP contribution in [0.3, 0.4) is 0 Å². The van der Waals surface area contributed by atoms with E-state index in [-0.39, 0.29) is 18.5 Å². The summed E-state index contributed by atoms with van der Waals surface area (Å²) in [6.45, 7) is 9.75. The first kappa shape index (κ1) is 22.9. The van der Waals surface area contributed by atoms with E-state index in [9.17, 15) is 14.4 Å². The number of rotatable bonds is 10. The highest BCUT2D eigenvalue weighted by Crippen LogP contribution is 2.29. The van der Waals surface area contributed by atoms with Crippen LogP contribution in [0.2, 0.25) is 0 Å². The molecule has 2 N–H and O–H groups in total. The van der Waals surface area contributed by atoms with Crippen molar-refractivity contribution in [3.63, 3.8) is 0 Å². The van der Waals surface area contributed by atoms with E-state index in [1.165, 1.54) is 18.4 Å². The van der Waals surface area contributed by atoms with Crippen LogP contribution in [0.1, 0.15) is 83.8 Å². The van der Waals surface area contributed by atoms with Crippen LogP contribution in [-0.4, -0.2) is 35.3 Å². The number of imide groups is 1. The molecule has 0 aromatic heterocycles. The Bertz CT molecular complexity index is 729. The second kappa shape index (κ2) is 9.90. The van der Waals surface area contributed by atoms with Gasteiger partial charge in [0.05, 0.1) is 0 Å². The minimum absolute atomic E-state index is 0.0232. The van der Waals surface area contributed by atoms with Gasteiger partial charge in [-0.05, 0) is 37.3 Å². The normalized spacial score (nSPS) is 20.1. The summed E-state index contributed by atoms with van der Waals surface area (Å²) >= 11 is 0. The zero-order valence-corrected chi connectivity index (χ0v) is 18.4. The molecule has 29 heavy (non-hydrogen) atoms. The Morgan fingerprint density at radius 3 is 2.34 bits per heavy atom. The first-order chi connectivity index (χ1) is 13.7. The van der Waals surface area contributed by atoms with Crippen LogP contribution in [-0.2, 0) is 15.1 Å². The highest BCUT2D eigenvalue weighted by atomic mass is 16.2. The molecule has 0 spiro atoms. The average Bonchev–Trinajstić information content (AvgIpc) is 2.89. The maximum absolute atomic E-state index is 13.0. The second-order valence-electron chi connectivity index (χ2n) is 8.54. The number of nitrogens with one attached hydrogen (secondary N) is 2. The van der Waals surface area contributed by atoms with Gasteiger partial charge in [-0.3, -0.25) is 14.5 Å². The van der Waals surface area contributed by atoms with Gasteiger partial charge in [0.1, 0.15) is 12.1 Å². The third-order valence-electron chi connectivity index (χ3n) is 5.63. The van der Waals surface area contributed by atoms with E-state index < -0.39 is 17.5 Å². The van der Waals surface area contributed by atoms with Crippen molar-refractivity contribution in [3.05, 3.63) is 35.4 Å². The molecule has 0 unspecified atom stereocenters. The van der Waals surface area contributed by atoms with Crippen molar-refractivity contribution in [2.45, 2.75) is 84.2 Å². The van der Waals surface area contributed by atoms with Crippen molar-refractivity contribution < 1.29 is 14.4 Å². The van der Waals surface area contributed by atoms with E-state index >= 15 is 0 Å². The molecule has 1 aromatic rings. The largest absolute Gasteiger partial charge is 0.352 e. The second-order valence-corrected chi connectivity index (χ2v) is 8.54. The van der Waals surface area contributed by atoms with E-state index in [4.69, 9.17) is 0 Å². The van der Waals surface area contributed by atoms with Gasteiger partial charge >= 0.3 is 6.03 Å². The molecule has 1 aliphatic heterocycles. The van der Waals surface area contributed by atoms with Gasteiger partial charge in [0.2, 0.25) is 5.91 Å². The summed E-state index contributed by atoms with van der Waals surface area (Å²) in [6.07, 6.45) is 5.47. The van der Waals surface area contributed by atoms with Crippen molar-refractivity contribution in [1.82, 2.24) is 15.5 Å². The molecule has 0 bridgehead atoms. The Labute approximate surface area is 174 Å². The quantitative estimate of drug-likeness (QED) is 0.458. The molecule has 0 aliphatic carbocycles. The SMILES string of the molecule is CCCCCC[C@H](C)NC(=O)CN1C(=O)N[C@@](C)(c2ccc(C(C)C)cc2)C1=O. The van der Waals surface area contributed by atoms with Gasteiger partial charge in [-0.2, -0.15) is 0 Å². The Balaban J connectivity index is 1.98. The molecular formula is C23H35N3O3. The summed E-state index contributed by atoms with van der Waals surface area (Å²) in [5, 5.41) is 5.66. The summed E-state index contributed by atoms with van der Waals surface area (Å²) < 4.78 is 0. The first-order valence-corrected chi connectivity index (χ1v) is 10.7. The number of urea groups is 1. The summed E-state index contributed by atoms with van der Waals surface area (Å²) in [4.78, 5) is 38.8. The fraction of sp³-hybridized carbons (Fsp3) is 0.609. The van der Waals surface area contributed by atoms with E-state index in [1.54, 1.807) is 6.92 Å². The Morgan fingerprint density at radius 1 is 1.10 bits per heavy atom. The van der Waals surface area contributed by atoms with Gasteiger partial charge in [0, 0.05) is 6.04 Å². The summed E-state index contributed by atoms with van der Waals surface area (Å²) in [7, 11) is 0. The van der Waals surface area contributed by atoms with E-state index in [0.717, 1.165) is 24.2 Å². The standard InChI is InChI=1S/C23H35N3O3/c1-6-7-8-9-10-17(4)24-20(27)15-26-21(28)23(5,25-22(26)29)19-13-11-18(12-14-19)16(2)3/h11-14,16-17H,6-10,15H2,1-5H3,(H,24,27)(H,25,29)/t17-,23-/m0/s1. The number of amides is 4. The number of carbonyl (C=O) groups is 3. The zero-order chi connectivity index (χ0) is 21.6. The van der Waals surface area contributed by atoms with E-state index in [1.807, 2.05) is 31.2 Å². The Hall–Kier alpha value is -2.37. The predicted molar refractivity (Wildman–Crippen MR) is 114 cm³/mol. The molecule has 1 saturated heterocycles. The fourth-order valence-corrected chi connectivity index (χ4v) is 3.65. The van der Waals surface area contributed by atoms with Gasteiger partial charge in [0.25, 0.3) is 5.91 Å².